The molecule has 0 bridgehead atoms. The van der Waals surface area contributed by atoms with E-state index in [-0.39, 0.29) is 5.56 Å². The minimum atomic E-state index is -1.62. The molecule has 0 aliphatic carbocycles. The number of amides is 1. The molecule has 2 aromatic rings. The van der Waals surface area contributed by atoms with Crippen molar-refractivity contribution in [2.24, 2.45) is 0 Å². The lowest BCUT2D eigenvalue weighted by atomic mass is 10.2. The smallest absolute Gasteiger partial charge is 0.255 e. The molecule has 3 nitrogen and oxygen atoms in total. The molecule has 6 heteroatoms. The van der Waals surface area contributed by atoms with E-state index in [4.69, 9.17) is 0 Å². The van der Waals surface area contributed by atoms with Gasteiger partial charge in [-0.25, -0.2) is 13.2 Å². The van der Waals surface area contributed by atoms with Gasteiger partial charge in [-0.2, -0.15) is 0 Å². The molecule has 0 spiro atoms. The summed E-state index contributed by atoms with van der Waals surface area (Å²) in [5, 5.41) is 2.15. The van der Waals surface area contributed by atoms with E-state index in [1.54, 1.807) is 0 Å². The molecule has 1 aromatic heterocycles. The number of halogens is 3. The number of nitrogens with zero attached hydrogens (tertiary/aromatic N) is 1. The number of hydrogen-bond donors (Lipinski definition) is 1. The van der Waals surface area contributed by atoms with Gasteiger partial charge < -0.3 is 5.32 Å². The summed E-state index contributed by atoms with van der Waals surface area (Å²) in [5.74, 6) is -5.00. The number of benzene rings is 1. The fourth-order valence-electron chi connectivity index (χ4n) is 1.32. The van der Waals surface area contributed by atoms with Crippen molar-refractivity contribution in [1.82, 2.24) is 4.98 Å². The van der Waals surface area contributed by atoms with Crippen LogP contribution in [0.2, 0.25) is 0 Å². The van der Waals surface area contributed by atoms with Crippen LogP contribution in [-0.2, 0) is 0 Å². The summed E-state index contributed by atoms with van der Waals surface area (Å²) in [4.78, 5) is 15.4. The van der Waals surface area contributed by atoms with Crippen LogP contribution in [0.15, 0.2) is 36.7 Å². The van der Waals surface area contributed by atoms with Crippen molar-refractivity contribution in [3.63, 3.8) is 0 Å². The summed E-state index contributed by atoms with van der Waals surface area (Å²) in [5.41, 5.74) is -0.190. The van der Waals surface area contributed by atoms with Gasteiger partial charge in [0, 0.05) is 18.0 Å². The van der Waals surface area contributed by atoms with Gasteiger partial charge in [-0.05, 0) is 24.3 Å². The van der Waals surface area contributed by atoms with Crippen molar-refractivity contribution in [2.75, 3.05) is 5.32 Å². The highest BCUT2D eigenvalue weighted by Gasteiger charge is 2.15. The second kappa shape index (κ2) is 4.87. The van der Waals surface area contributed by atoms with Gasteiger partial charge in [-0.3, -0.25) is 9.78 Å². The number of nitrogens with one attached hydrogen (secondary N) is 1. The second-order valence-electron chi connectivity index (χ2n) is 3.41. The zero-order chi connectivity index (χ0) is 13.1. The molecule has 0 atom stereocenters. The Balaban J connectivity index is 2.26. The van der Waals surface area contributed by atoms with Gasteiger partial charge in [0.05, 0.1) is 5.69 Å². The highest BCUT2D eigenvalue weighted by Crippen LogP contribution is 2.20. The quantitative estimate of drug-likeness (QED) is 0.835. The van der Waals surface area contributed by atoms with Gasteiger partial charge in [-0.1, -0.05) is 0 Å². The Morgan fingerprint density at radius 3 is 2.33 bits per heavy atom. The van der Waals surface area contributed by atoms with Crippen LogP contribution in [0.3, 0.4) is 0 Å². The van der Waals surface area contributed by atoms with Crippen LogP contribution in [0.1, 0.15) is 10.4 Å². The molecule has 92 valence electrons. The van der Waals surface area contributed by atoms with Crippen molar-refractivity contribution < 1.29 is 18.0 Å². The molecule has 1 aromatic carbocycles. The summed E-state index contributed by atoms with van der Waals surface area (Å²) >= 11 is 0. The molecule has 1 N–H and O–H groups in total. The van der Waals surface area contributed by atoms with Crippen LogP contribution in [0.5, 0.6) is 0 Å². The van der Waals surface area contributed by atoms with Crippen molar-refractivity contribution in [2.45, 2.75) is 0 Å². The van der Waals surface area contributed by atoms with E-state index in [2.05, 4.69) is 10.3 Å². The number of pyridine rings is 1. The van der Waals surface area contributed by atoms with Crippen LogP contribution >= 0.6 is 0 Å². The third-order valence-electron chi connectivity index (χ3n) is 2.23. The first kappa shape index (κ1) is 12.1. The zero-order valence-electron chi connectivity index (χ0n) is 8.95. The van der Waals surface area contributed by atoms with E-state index in [1.165, 1.54) is 24.5 Å². The highest BCUT2D eigenvalue weighted by atomic mass is 19.2. The first-order valence-corrected chi connectivity index (χ1v) is 4.94. The Kier molecular flexibility index (Phi) is 3.27. The molecule has 1 amide bonds. The van der Waals surface area contributed by atoms with Crippen LogP contribution in [-0.4, -0.2) is 10.9 Å². The SMILES string of the molecule is O=C(Nc1ccc(F)c(F)c1F)c1ccncc1. The van der Waals surface area contributed by atoms with Gasteiger partial charge in [0.2, 0.25) is 0 Å². The largest absolute Gasteiger partial charge is 0.319 e. The Morgan fingerprint density at radius 1 is 1.00 bits per heavy atom. The maximum absolute atomic E-state index is 13.3. The van der Waals surface area contributed by atoms with Gasteiger partial charge in [0.1, 0.15) is 0 Å². The fourth-order valence-corrected chi connectivity index (χ4v) is 1.32. The molecule has 0 aliphatic rings. The Bertz CT molecular complexity index is 587. The van der Waals surface area contributed by atoms with Crippen molar-refractivity contribution >= 4 is 11.6 Å². The summed E-state index contributed by atoms with van der Waals surface area (Å²) in [6.45, 7) is 0. The average Bonchev–Trinajstić information content (AvgIpc) is 2.40. The van der Waals surface area contributed by atoms with E-state index in [0.29, 0.717) is 0 Å². The summed E-state index contributed by atoms with van der Waals surface area (Å²) in [6.07, 6.45) is 2.77. The number of aromatic nitrogens is 1. The van der Waals surface area contributed by atoms with E-state index in [0.717, 1.165) is 12.1 Å². The summed E-state index contributed by atoms with van der Waals surface area (Å²) in [7, 11) is 0. The minimum Gasteiger partial charge on any atom is -0.319 e. The van der Waals surface area contributed by atoms with Gasteiger partial charge in [0.15, 0.2) is 17.5 Å². The Labute approximate surface area is 100 Å². The van der Waals surface area contributed by atoms with Gasteiger partial charge >= 0.3 is 0 Å². The third-order valence-corrected chi connectivity index (χ3v) is 2.23. The Hall–Kier alpha value is -2.37. The summed E-state index contributed by atoms with van der Waals surface area (Å²) < 4.78 is 38.9. The van der Waals surface area contributed by atoms with Gasteiger partial charge in [0.25, 0.3) is 5.91 Å². The summed E-state index contributed by atoms with van der Waals surface area (Å²) in [6, 6.07) is 4.51. The van der Waals surface area contributed by atoms with Gasteiger partial charge in [-0.15, -0.1) is 0 Å². The van der Waals surface area contributed by atoms with E-state index < -0.39 is 29.0 Å². The number of anilines is 1. The van der Waals surface area contributed by atoms with Crippen LogP contribution in [0.25, 0.3) is 0 Å². The standard InChI is InChI=1S/C12H7F3N2O/c13-8-1-2-9(11(15)10(8)14)17-12(18)7-3-5-16-6-4-7/h1-6H,(H,17,18). The molecule has 1 heterocycles. The number of carbonyl (C=O) groups is 1. The molecular weight excluding hydrogens is 245 g/mol. The molecule has 0 radical (unpaired) electrons. The number of carbonyl (C=O) groups excluding carboxylic acids is 1. The molecule has 0 fully saturated rings. The lowest BCUT2D eigenvalue weighted by Crippen LogP contribution is -2.13. The third kappa shape index (κ3) is 2.32. The second-order valence-corrected chi connectivity index (χ2v) is 3.41. The molecule has 18 heavy (non-hydrogen) atoms. The lowest BCUT2D eigenvalue weighted by molar-refractivity contribution is 0.102. The van der Waals surface area contributed by atoms with Crippen molar-refractivity contribution in [3.8, 4) is 0 Å². The molecule has 0 unspecified atom stereocenters. The predicted molar refractivity (Wildman–Crippen MR) is 58.5 cm³/mol. The van der Waals surface area contributed by atoms with Crippen molar-refractivity contribution in [3.05, 3.63) is 59.7 Å². The number of rotatable bonds is 2. The maximum Gasteiger partial charge on any atom is 0.255 e. The molecule has 2 rings (SSSR count). The monoisotopic (exact) mass is 252 g/mol. The first-order valence-electron chi connectivity index (χ1n) is 4.94. The highest BCUT2D eigenvalue weighted by molar-refractivity contribution is 6.04. The predicted octanol–water partition coefficient (Wildman–Crippen LogP) is 2.75. The van der Waals surface area contributed by atoms with Crippen LogP contribution < -0.4 is 5.32 Å². The molecule has 0 saturated heterocycles. The van der Waals surface area contributed by atoms with E-state index >= 15 is 0 Å². The van der Waals surface area contributed by atoms with Crippen LogP contribution in [0, 0.1) is 17.5 Å². The Morgan fingerprint density at radius 2 is 1.67 bits per heavy atom. The normalized spacial score (nSPS) is 10.2. The zero-order valence-corrected chi connectivity index (χ0v) is 8.95. The van der Waals surface area contributed by atoms with Crippen molar-refractivity contribution in [1.29, 1.82) is 0 Å². The molecule has 0 saturated carbocycles. The fraction of sp³-hybridized carbons (Fsp3) is 0. The average molecular weight is 252 g/mol. The maximum atomic E-state index is 13.3. The minimum absolute atomic E-state index is 0.231. The first-order chi connectivity index (χ1) is 8.59. The van der Waals surface area contributed by atoms with E-state index in [9.17, 15) is 18.0 Å². The lowest BCUT2D eigenvalue weighted by Gasteiger charge is -2.07. The van der Waals surface area contributed by atoms with E-state index in [1.807, 2.05) is 0 Å². The van der Waals surface area contributed by atoms with Crippen LogP contribution in [0.4, 0.5) is 18.9 Å². The molecule has 0 aliphatic heterocycles. The topological polar surface area (TPSA) is 42.0 Å². The number of hydrogen-bond acceptors (Lipinski definition) is 2. The molecular formula is C12H7F3N2O.